The Morgan fingerprint density at radius 2 is 2.19 bits per heavy atom. The average Bonchev–Trinajstić information content (AvgIpc) is 3.31. The van der Waals surface area contributed by atoms with Crippen molar-refractivity contribution in [2.24, 2.45) is 13.0 Å². The summed E-state index contributed by atoms with van der Waals surface area (Å²) in [6.07, 6.45) is 4.22. The van der Waals surface area contributed by atoms with Crippen molar-refractivity contribution in [3.05, 3.63) is 47.3 Å². The van der Waals surface area contributed by atoms with Gasteiger partial charge >= 0.3 is 0 Å². The number of nitrogens with one attached hydrogen (secondary N) is 3. The highest BCUT2D eigenvalue weighted by molar-refractivity contribution is 5.99. The Balaban J connectivity index is 0.00000210. The summed E-state index contributed by atoms with van der Waals surface area (Å²) in [4.78, 5) is 24.4. The maximum absolute atomic E-state index is 12.9. The third-order valence-electron chi connectivity index (χ3n) is 5.32. The van der Waals surface area contributed by atoms with E-state index in [9.17, 15) is 9.59 Å². The van der Waals surface area contributed by atoms with Gasteiger partial charge in [-0.25, -0.2) is 0 Å². The number of halogens is 1. The maximum Gasteiger partial charge on any atom is 0.228 e. The Morgan fingerprint density at radius 1 is 1.37 bits per heavy atom. The zero-order valence-electron chi connectivity index (χ0n) is 15.4. The summed E-state index contributed by atoms with van der Waals surface area (Å²) in [7, 11) is 1.89. The molecule has 144 valence electrons. The molecule has 7 nitrogen and oxygen atoms in total. The van der Waals surface area contributed by atoms with Crippen LogP contribution in [0, 0.1) is 5.92 Å². The number of benzene rings is 1. The first-order chi connectivity index (χ1) is 12.5. The fourth-order valence-electron chi connectivity index (χ4n) is 3.86. The standard InChI is InChI=1S/C19H23N5O2.ClH/c1-11(12-3-4-17-13(5-12)6-18(25)23-17)22-19(26)16-9-20-8-15(16)14-7-21-24(2)10-14;/h3-5,7,10-11,15-16,20H,6,8-9H2,1-2H3,(H,22,26)(H,23,25);1H/t11?,15-,16+;/m1./s1. The van der Waals surface area contributed by atoms with Crippen LogP contribution in [0.25, 0.3) is 0 Å². The van der Waals surface area contributed by atoms with Crippen molar-refractivity contribution in [3.8, 4) is 0 Å². The highest BCUT2D eigenvalue weighted by Crippen LogP contribution is 2.30. The second kappa shape index (κ2) is 7.70. The Kier molecular flexibility index (Phi) is 5.53. The van der Waals surface area contributed by atoms with Crippen LogP contribution in [0.4, 0.5) is 5.69 Å². The van der Waals surface area contributed by atoms with Gasteiger partial charge in [0.15, 0.2) is 0 Å². The van der Waals surface area contributed by atoms with E-state index in [1.165, 1.54) is 0 Å². The molecule has 2 aliphatic heterocycles. The molecule has 2 amide bonds. The number of rotatable bonds is 4. The second-order valence-corrected chi connectivity index (χ2v) is 7.19. The van der Waals surface area contributed by atoms with Gasteiger partial charge in [0.25, 0.3) is 0 Å². The molecule has 3 heterocycles. The highest BCUT2D eigenvalue weighted by atomic mass is 35.5. The summed E-state index contributed by atoms with van der Waals surface area (Å²) in [5.41, 5.74) is 3.96. The largest absolute Gasteiger partial charge is 0.349 e. The Bertz CT molecular complexity index is 866. The van der Waals surface area contributed by atoms with Crippen LogP contribution in [0.2, 0.25) is 0 Å². The maximum atomic E-state index is 12.9. The van der Waals surface area contributed by atoms with Crippen molar-refractivity contribution in [3.63, 3.8) is 0 Å². The van der Waals surface area contributed by atoms with Gasteiger partial charge in [0.2, 0.25) is 11.8 Å². The molecule has 1 aromatic heterocycles. The van der Waals surface area contributed by atoms with Gasteiger partial charge in [0, 0.05) is 37.9 Å². The number of amides is 2. The summed E-state index contributed by atoms with van der Waals surface area (Å²) in [6, 6.07) is 5.76. The van der Waals surface area contributed by atoms with Crippen molar-refractivity contribution in [1.82, 2.24) is 20.4 Å². The molecule has 27 heavy (non-hydrogen) atoms. The van der Waals surface area contributed by atoms with Crippen LogP contribution in [0.15, 0.2) is 30.6 Å². The number of fused-ring (bicyclic) bond motifs is 1. The zero-order valence-corrected chi connectivity index (χ0v) is 16.2. The molecule has 0 bridgehead atoms. The first-order valence-electron chi connectivity index (χ1n) is 8.93. The Labute approximate surface area is 164 Å². The minimum absolute atomic E-state index is 0. The monoisotopic (exact) mass is 389 g/mol. The lowest BCUT2D eigenvalue weighted by molar-refractivity contribution is -0.125. The van der Waals surface area contributed by atoms with Crippen molar-refractivity contribution < 1.29 is 9.59 Å². The van der Waals surface area contributed by atoms with Gasteiger partial charge < -0.3 is 16.0 Å². The van der Waals surface area contributed by atoms with Gasteiger partial charge in [0.1, 0.15) is 0 Å². The fourth-order valence-corrected chi connectivity index (χ4v) is 3.86. The molecule has 8 heteroatoms. The number of hydrogen-bond acceptors (Lipinski definition) is 4. The highest BCUT2D eigenvalue weighted by Gasteiger charge is 2.35. The minimum Gasteiger partial charge on any atom is -0.349 e. The molecule has 1 aromatic carbocycles. The van der Waals surface area contributed by atoms with Crippen LogP contribution in [-0.4, -0.2) is 34.7 Å². The number of aromatic nitrogens is 2. The fraction of sp³-hybridized carbons (Fsp3) is 0.421. The van der Waals surface area contributed by atoms with E-state index in [1.807, 2.05) is 44.6 Å². The molecule has 2 aliphatic rings. The van der Waals surface area contributed by atoms with Crippen molar-refractivity contribution in [2.45, 2.75) is 25.3 Å². The zero-order chi connectivity index (χ0) is 18.3. The lowest BCUT2D eigenvalue weighted by Crippen LogP contribution is -2.36. The molecule has 4 rings (SSSR count). The van der Waals surface area contributed by atoms with E-state index in [2.05, 4.69) is 21.0 Å². The van der Waals surface area contributed by atoms with Crippen molar-refractivity contribution in [1.29, 1.82) is 0 Å². The van der Waals surface area contributed by atoms with E-state index in [-0.39, 0.29) is 42.1 Å². The molecule has 3 N–H and O–H groups in total. The van der Waals surface area contributed by atoms with E-state index in [0.717, 1.165) is 28.9 Å². The first-order valence-corrected chi connectivity index (χ1v) is 8.93. The summed E-state index contributed by atoms with van der Waals surface area (Å²) in [6.45, 7) is 3.43. The average molecular weight is 390 g/mol. The number of aryl methyl sites for hydroxylation is 1. The molecule has 0 saturated carbocycles. The van der Waals surface area contributed by atoms with E-state index in [1.54, 1.807) is 4.68 Å². The van der Waals surface area contributed by atoms with Crippen LogP contribution >= 0.6 is 12.4 Å². The quantitative estimate of drug-likeness (QED) is 0.739. The van der Waals surface area contributed by atoms with Crippen LogP contribution in [-0.2, 0) is 23.1 Å². The van der Waals surface area contributed by atoms with E-state index >= 15 is 0 Å². The molecule has 2 aromatic rings. The molecule has 1 saturated heterocycles. The molecule has 0 spiro atoms. The molecule has 3 atom stereocenters. The van der Waals surface area contributed by atoms with Gasteiger partial charge in [0.05, 0.1) is 24.6 Å². The number of carbonyl (C=O) groups excluding carboxylic acids is 2. The van der Waals surface area contributed by atoms with Crippen LogP contribution < -0.4 is 16.0 Å². The number of anilines is 1. The van der Waals surface area contributed by atoms with Crippen LogP contribution in [0.3, 0.4) is 0 Å². The summed E-state index contributed by atoms with van der Waals surface area (Å²) >= 11 is 0. The third-order valence-corrected chi connectivity index (χ3v) is 5.32. The topological polar surface area (TPSA) is 88.1 Å². The Morgan fingerprint density at radius 3 is 2.93 bits per heavy atom. The number of carbonyl (C=O) groups is 2. The SMILES string of the molecule is CC(NC(=O)[C@H]1CNC[C@@H]1c1cnn(C)c1)c1ccc2c(c1)CC(=O)N2.Cl. The Hall–Kier alpha value is -2.38. The van der Waals surface area contributed by atoms with Gasteiger partial charge in [-0.3, -0.25) is 14.3 Å². The molecular weight excluding hydrogens is 366 g/mol. The molecule has 0 radical (unpaired) electrons. The second-order valence-electron chi connectivity index (χ2n) is 7.19. The van der Waals surface area contributed by atoms with Crippen LogP contribution in [0.1, 0.15) is 35.6 Å². The van der Waals surface area contributed by atoms with E-state index < -0.39 is 0 Å². The number of nitrogens with zero attached hydrogens (tertiary/aromatic N) is 2. The van der Waals surface area contributed by atoms with Crippen molar-refractivity contribution >= 4 is 29.9 Å². The van der Waals surface area contributed by atoms with Gasteiger partial charge in [-0.05, 0) is 29.7 Å². The summed E-state index contributed by atoms with van der Waals surface area (Å²) in [5, 5.41) is 13.5. The van der Waals surface area contributed by atoms with Crippen LogP contribution in [0.5, 0.6) is 0 Å². The van der Waals surface area contributed by atoms with E-state index in [4.69, 9.17) is 0 Å². The smallest absolute Gasteiger partial charge is 0.228 e. The predicted molar refractivity (Wildman–Crippen MR) is 105 cm³/mol. The molecular formula is C19H24ClN5O2. The normalized spacial score (nSPS) is 21.9. The predicted octanol–water partition coefficient (Wildman–Crippen LogP) is 1.52. The lowest BCUT2D eigenvalue weighted by atomic mass is 9.90. The van der Waals surface area contributed by atoms with Gasteiger partial charge in [-0.15, -0.1) is 12.4 Å². The summed E-state index contributed by atoms with van der Waals surface area (Å²) in [5.74, 6) is 0.0910. The molecule has 1 unspecified atom stereocenters. The first kappa shape index (κ1) is 19.4. The van der Waals surface area contributed by atoms with Gasteiger partial charge in [-0.1, -0.05) is 12.1 Å². The van der Waals surface area contributed by atoms with Crippen molar-refractivity contribution in [2.75, 3.05) is 18.4 Å². The van der Waals surface area contributed by atoms with Gasteiger partial charge in [-0.2, -0.15) is 5.10 Å². The lowest BCUT2D eigenvalue weighted by Gasteiger charge is -2.21. The number of hydrogen-bond donors (Lipinski definition) is 3. The summed E-state index contributed by atoms with van der Waals surface area (Å²) < 4.78 is 1.77. The van der Waals surface area contributed by atoms with E-state index in [0.29, 0.717) is 13.0 Å². The third kappa shape index (κ3) is 3.84. The molecule has 1 fully saturated rings. The molecule has 0 aliphatic carbocycles. The minimum atomic E-state index is -0.112.